The Morgan fingerprint density at radius 2 is 1.87 bits per heavy atom. The Morgan fingerprint density at radius 3 is 2.58 bits per heavy atom. The van der Waals surface area contributed by atoms with Crippen LogP contribution in [0.5, 0.6) is 11.6 Å². The average Bonchev–Trinajstić information content (AvgIpc) is 3.39. The van der Waals surface area contributed by atoms with Crippen LogP contribution in [-0.2, 0) is 4.79 Å². The van der Waals surface area contributed by atoms with Crippen LogP contribution in [0.2, 0.25) is 0 Å². The van der Waals surface area contributed by atoms with Crippen molar-refractivity contribution in [3.05, 3.63) is 72.6 Å². The number of hydrogen-bond donors (Lipinski definition) is 1. The molecular formula is C29H32N6O2S. The lowest BCUT2D eigenvalue weighted by Crippen LogP contribution is -2.44. The van der Waals surface area contributed by atoms with Crippen molar-refractivity contribution < 1.29 is 9.53 Å². The van der Waals surface area contributed by atoms with Crippen LogP contribution >= 0.6 is 11.3 Å². The number of benzene rings is 2. The highest BCUT2D eigenvalue weighted by atomic mass is 32.1. The van der Waals surface area contributed by atoms with Crippen molar-refractivity contribution >= 4 is 50.5 Å². The Hall–Kier alpha value is -3.95. The fraction of sp³-hybridized carbons (Fsp3) is 0.276. The highest BCUT2D eigenvalue weighted by molar-refractivity contribution is 7.17. The highest BCUT2D eigenvalue weighted by Gasteiger charge is 2.18. The Kier molecular flexibility index (Phi) is 7.57. The molecule has 0 aliphatic carbocycles. The Labute approximate surface area is 227 Å². The van der Waals surface area contributed by atoms with Gasteiger partial charge in [0.05, 0.1) is 5.52 Å². The van der Waals surface area contributed by atoms with E-state index in [4.69, 9.17) is 9.72 Å². The maximum atomic E-state index is 12.4. The molecule has 1 saturated heterocycles. The summed E-state index contributed by atoms with van der Waals surface area (Å²) in [5.74, 6) is 1.34. The first-order valence-corrected chi connectivity index (χ1v) is 13.6. The minimum Gasteiger partial charge on any atom is -0.437 e. The van der Waals surface area contributed by atoms with Crippen LogP contribution in [0.15, 0.2) is 72.6 Å². The average molecular weight is 529 g/mol. The number of carbonyl (C=O) groups excluding carboxylic acids is 1. The summed E-state index contributed by atoms with van der Waals surface area (Å²) < 4.78 is 7.12. The molecule has 1 aliphatic rings. The maximum absolute atomic E-state index is 12.4. The van der Waals surface area contributed by atoms with Crippen molar-refractivity contribution in [2.75, 3.05) is 48.3 Å². The minimum atomic E-state index is -0.162. The summed E-state index contributed by atoms with van der Waals surface area (Å²) in [7, 11) is 2.16. The summed E-state index contributed by atoms with van der Waals surface area (Å²) in [5, 5.41) is 5.30. The van der Waals surface area contributed by atoms with Gasteiger partial charge in [0.1, 0.15) is 10.4 Å². The van der Waals surface area contributed by atoms with Gasteiger partial charge >= 0.3 is 0 Å². The second-order valence-corrected chi connectivity index (χ2v) is 10.5. The van der Waals surface area contributed by atoms with E-state index in [9.17, 15) is 4.79 Å². The van der Waals surface area contributed by atoms with Gasteiger partial charge in [0.2, 0.25) is 11.8 Å². The van der Waals surface area contributed by atoms with Crippen molar-refractivity contribution in [3.63, 3.8) is 0 Å². The number of amides is 1. The van der Waals surface area contributed by atoms with Crippen molar-refractivity contribution in [1.29, 1.82) is 0 Å². The van der Waals surface area contributed by atoms with Crippen LogP contribution in [0, 0.1) is 0 Å². The van der Waals surface area contributed by atoms with Crippen LogP contribution in [0.25, 0.3) is 10.2 Å². The fourth-order valence-corrected chi connectivity index (χ4v) is 5.25. The lowest BCUT2D eigenvalue weighted by atomic mass is 10.2. The van der Waals surface area contributed by atoms with Gasteiger partial charge in [-0.05, 0) is 74.8 Å². The van der Waals surface area contributed by atoms with E-state index in [1.165, 1.54) is 23.1 Å². The number of rotatable bonds is 8. The van der Waals surface area contributed by atoms with E-state index >= 15 is 0 Å². The number of nitrogens with one attached hydrogen (secondary N) is 1. The molecule has 2 aromatic carbocycles. The summed E-state index contributed by atoms with van der Waals surface area (Å²) in [6.45, 7) is 11.8. The standard InChI is InChI=1S/C29H32N6O2S/c1-5-26(36)35(20(2)3)23-7-6-8-24(19-23)37-28-27-25(13-18-38-27)31-29(32-28)30-21-9-11-22(12-10-21)34-16-14-33(4)15-17-34/h5-13,18-20H,1,14-17H2,2-4H3,(H,30,31,32). The highest BCUT2D eigenvalue weighted by Crippen LogP contribution is 2.34. The second kappa shape index (κ2) is 11.2. The van der Waals surface area contributed by atoms with E-state index in [0.717, 1.165) is 47.8 Å². The number of nitrogens with zero attached hydrogens (tertiary/aromatic N) is 5. The third-order valence-corrected chi connectivity index (χ3v) is 7.39. The molecule has 0 bridgehead atoms. The molecule has 3 heterocycles. The summed E-state index contributed by atoms with van der Waals surface area (Å²) in [6, 6.07) is 17.7. The number of hydrogen-bond acceptors (Lipinski definition) is 8. The number of thiophene rings is 1. The van der Waals surface area contributed by atoms with Crippen molar-refractivity contribution in [2.24, 2.45) is 0 Å². The molecule has 4 aromatic rings. The molecule has 0 spiro atoms. The molecule has 2 aromatic heterocycles. The topological polar surface area (TPSA) is 73.8 Å². The summed E-state index contributed by atoms with van der Waals surface area (Å²) in [6.07, 6.45) is 1.32. The summed E-state index contributed by atoms with van der Waals surface area (Å²) >= 11 is 1.53. The van der Waals surface area contributed by atoms with E-state index in [0.29, 0.717) is 17.6 Å². The Balaban J connectivity index is 1.37. The number of likely N-dealkylation sites (N-methyl/N-ethyl adjacent to an activating group) is 1. The van der Waals surface area contributed by atoms with Gasteiger partial charge in [0.25, 0.3) is 5.91 Å². The molecule has 0 saturated carbocycles. The zero-order valence-corrected chi connectivity index (χ0v) is 22.7. The monoisotopic (exact) mass is 528 g/mol. The van der Waals surface area contributed by atoms with Gasteiger partial charge in [-0.3, -0.25) is 4.79 Å². The summed E-state index contributed by atoms with van der Waals surface area (Å²) in [5.41, 5.74) is 3.66. The quantitative estimate of drug-likeness (QED) is 0.285. The Bertz CT molecular complexity index is 1430. The van der Waals surface area contributed by atoms with Crippen LogP contribution in [0.4, 0.5) is 23.0 Å². The SMILES string of the molecule is C=CC(=O)N(c1cccc(Oc2nc(Nc3ccc(N4CCN(C)CC4)cc3)nc3ccsc23)c1)C(C)C. The van der Waals surface area contributed by atoms with E-state index in [1.54, 1.807) is 4.90 Å². The zero-order chi connectivity index (χ0) is 26.6. The number of fused-ring (bicyclic) bond motifs is 1. The van der Waals surface area contributed by atoms with Crippen LogP contribution < -0.4 is 19.9 Å². The van der Waals surface area contributed by atoms with Crippen molar-refractivity contribution in [1.82, 2.24) is 14.9 Å². The number of carbonyl (C=O) groups is 1. The molecule has 196 valence electrons. The predicted molar refractivity (Wildman–Crippen MR) is 156 cm³/mol. The summed E-state index contributed by atoms with van der Waals surface area (Å²) in [4.78, 5) is 28.3. The van der Waals surface area contributed by atoms with Gasteiger partial charge in [0, 0.05) is 55.3 Å². The van der Waals surface area contributed by atoms with E-state index in [1.807, 2.05) is 49.6 Å². The third-order valence-electron chi connectivity index (χ3n) is 6.50. The number of anilines is 4. The molecular weight excluding hydrogens is 496 g/mol. The molecule has 1 N–H and O–H groups in total. The largest absolute Gasteiger partial charge is 0.437 e. The molecule has 1 amide bonds. The molecule has 9 heteroatoms. The first kappa shape index (κ1) is 25.7. The normalized spacial score (nSPS) is 14.1. The Morgan fingerprint density at radius 1 is 1.11 bits per heavy atom. The third kappa shape index (κ3) is 5.64. The van der Waals surface area contributed by atoms with Crippen molar-refractivity contribution in [3.8, 4) is 11.6 Å². The van der Waals surface area contributed by atoms with Crippen molar-refractivity contribution in [2.45, 2.75) is 19.9 Å². The fourth-order valence-electron chi connectivity index (χ4n) is 4.50. The maximum Gasteiger partial charge on any atom is 0.250 e. The van der Waals surface area contributed by atoms with Crippen LogP contribution in [0.1, 0.15) is 13.8 Å². The van der Waals surface area contributed by atoms with Gasteiger partial charge in [-0.1, -0.05) is 12.6 Å². The van der Waals surface area contributed by atoms with E-state index < -0.39 is 0 Å². The second-order valence-electron chi connectivity index (χ2n) is 9.56. The molecule has 1 aliphatic heterocycles. The number of piperazine rings is 1. The zero-order valence-electron chi connectivity index (χ0n) is 21.9. The molecule has 38 heavy (non-hydrogen) atoms. The lowest BCUT2D eigenvalue weighted by Gasteiger charge is -2.34. The van der Waals surface area contributed by atoms with Crippen LogP contribution in [-0.4, -0.2) is 60.0 Å². The van der Waals surface area contributed by atoms with Gasteiger partial charge in [-0.2, -0.15) is 4.98 Å². The molecule has 0 radical (unpaired) electrons. The molecule has 8 nitrogen and oxygen atoms in total. The number of aromatic nitrogens is 2. The minimum absolute atomic E-state index is 0.0303. The number of ether oxygens (including phenoxy) is 1. The van der Waals surface area contributed by atoms with E-state index in [2.05, 4.69) is 58.0 Å². The van der Waals surface area contributed by atoms with E-state index in [-0.39, 0.29) is 11.9 Å². The molecule has 1 fully saturated rings. The van der Waals surface area contributed by atoms with Crippen LogP contribution in [0.3, 0.4) is 0 Å². The molecule has 0 unspecified atom stereocenters. The molecule has 5 rings (SSSR count). The lowest BCUT2D eigenvalue weighted by molar-refractivity contribution is -0.114. The molecule has 0 atom stereocenters. The van der Waals surface area contributed by atoms with Gasteiger partial charge in [-0.15, -0.1) is 11.3 Å². The van der Waals surface area contributed by atoms with Gasteiger partial charge in [0.15, 0.2) is 0 Å². The smallest absolute Gasteiger partial charge is 0.250 e. The predicted octanol–water partition coefficient (Wildman–Crippen LogP) is 5.91. The van der Waals surface area contributed by atoms with Gasteiger partial charge in [-0.25, -0.2) is 4.98 Å². The first-order chi connectivity index (χ1) is 18.4. The first-order valence-electron chi connectivity index (χ1n) is 12.7. The van der Waals surface area contributed by atoms with Gasteiger partial charge < -0.3 is 24.8 Å².